The molecule has 2 aromatic heterocycles. The third-order valence-corrected chi connectivity index (χ3v) is 4.22. The van der Waals surface area contributed by atoms with Gasteiger partial charge in [0.15, 0.2) is 5.82 Å². The molecule has 0 aliphatic heterocycles. The Bertz CT molecular complexity index is 1080. The fourth-order valence-electron chi connectivity index (χ4n) is 3.05. The molecule has 0 saturated carbocycles. The van der Waals surface area contributed by atoms with Crippen molar-refractivity contribution in [3.05, 3.63) is 78.2 Å². The van der Waals surface area contributed by atoms with E-state index in [1.807, 2.05) is 61.0 Å². The molecule has 0 atom stereocenters. The minimum atomic E-state index is 0.163. The molecule has 128 valence electrons. The number of benzene rings is 2. The van der Waals surface area contributed by atoms with Crippen LogP contribution in [-0.4, -0.2) is 24.9 Å². The highest BCUT2D eigenvalue weighted by molar-refractivity contribution is 5.72. The van der Waals surface area contributed by atoms with E-state index in [1.165, 1.54) is 0 Å². The maximum atomic E-state index is 10.1. The second-order valence-corrected chi connectivity index (χ2v) is 6.14. The molecule has 0 spiro atoms. The van der Waals surface area contributed by atoms with Crippen LogP contribution in [0.15, 0.2) is 66.9 Å². The van der Waals surface area contributed by atoms with E-state index in [9.17, 15) is 5.11 Å². The molecule has 0 fully saturated rings. The van der Waals surface area contributed by atoms with Crippen LogP contribution >= 0.6 is 0 Å². The minimum Gasteiger partial charge on any atom is -0.507 e. The van der Waals surface area contributed by atoms with Crippen LogP contribution in [0.2, 0.25) is 0 Å². The number of phenolic OH excluding ortho intramolecular Hbond substituents is 1. The van der Waals surface area contributed by atoms with Gasteiger partial charge in [-0.3, -0.25) is 0 Å². The number of aromatic nitrogens is 4. The third kappa shape index (κ3) is 2.84. The lowest BCUT2D eigenvalue weighted by Gasteiger charge is -2.12. The van der Waals surface area contributed by atoms with E-state index in [2.05, 4.69) is 15.1 Å². The van der Waals surface area contributed by atoms with Crippen molar-refractivity contribution in [3.63, 3.8) is 0 Å². The summed E-state index contributed by atoms with van der Waals surface area (Å²) in [7, 11) is 0. The molecule has 0 bridgehead atoms. The van der Waals surface area contributed by atoms with E-state index in [1.54, 1.807) is 24.4 Å². The maximum absolute atomic E-state index is 10.1. The van der Waals surface area contributed by atoms with Crippen molar-refractivity contribution >= 4 is 0 Å². The molecular formula is C21H18N4O. The molecule has 0 aliphatic carbocycles. The first-order valence-corrected chi connectivity index (χ1v) is 8.38. The topological polar surface area (TPSA) is 63.8 Å². The van der Waals surface area contributed by atoms with Crippen LogP contribution in [0.3, 0.4) is 0 Å². The van der Waals surface area contributed by atoms with Gasteiger partial charge < -0.3 is 5.11 Å². The summed E-state index contributed by atoms with van der Waals surface area (Å²) in [5.74, 6) is 0.653. The van der Waals surface area contributed by atoms with Crippen molar-refractivity contribution < 1.29 is 5.11 Å². The summed E-state index contributed by atoms with van der Waals surface area (Å²) in [4.78, 5) is 9.01. The van der Waals surface area contributed by atoms with Crippen LogP contribution in [-0.2, 0) is 0 Å². The molecule has 5 heteroatoms. The first kappa shape index (κ1) is 16.0. The summed E-state index contributed by atoms with van der Waals surface area (Å²) in [6.07, 6.45) is 1.71. The highest BCUT2D eigenvalue weighted by atomic mass is 16.3. The van der Waals surface area contributed by atoms with Crippen LogP contribution in [0.5, 0.6) is 5.75 Å². The van der Waals surface area contributed by atoms with Crippen LogP contribution in [0.4, 0.5) is 0 Å². The quantitative estimate of drug-likeness (QED) is 0.602. The van der Waals surface area contributed by atoms with Crippen molar-refractivity contribution in [1.82, 2.24) is 19.7 Å². The fourth-order valence-corrected chi connectivity index (χ4v) is 3.05. The monoisotopic (exact) mass is 342 g/mol. The lowest BCUT2D eigenvalue weighted by Crippen LogP contribution is -2.02. The molecule has 0 aliphatic rings. The SMILES string of the molecule is Cc1cc(C)n(-c2ccccc2-c2ccnc(-c3ccccc3O)n2)n1. The molecular weight excluding hydrogens is 324 g/mol. The number of rotatable bonds is 3. The Morgan fingerprint density at radius 1 is 0.885 bits per heavy atom. The number of aromatic hydroxyl groups is 1. The Hall–Kier alpha value is -3.47. The van der Waals surface area contributed by atoms with Gasteiger partial charge in [0.1, 0.15) is 5.75 Å². The zero-order valence-corrected chi connectivity index (χ0v) is 14.6. The molecule has 0 unspecified atom stereocenters. The number of para-hydroxylation sites is 2. The lowest BCUT2D eigenvalue weighted by atomic mass is 10.1. The van der Waals surface area contributed by atoms with E-state index >= 15 is 0 Å². The average Bonchev–Trinajstić information content (AvgIpc) is 3.00. The first-order chi connectivity index (χ1) is 12.6. The molecule has 0 amide bonds. The molecule has 26 heavy (non-hydrogen) atoms. The highest BCUT2D eigenvalue weighted by Crippen LogP contribution is 2.30. The highest BCUT2D eigenvalue weighted by Gasteiger charge is 2.13. The third-order valence-electron chi connectivity index (χ3n) is 4.22. The summed E-state index contributed by atoms with van der Waals surface area (Å²) in [5.41, 5.74) is 5.33. The lowest BCUT2D eigenvalue weighted by molar-refractivity contribution is 0.477. The van der Waals surface area contributed by atoms with Gasteiger partial charge in [0.2, 0.25) is 0 Å². The van der Waals surface area contributed by atoms with E-state index in [4.69, 9.17) is 0 Å². The zero-order valence-electron chi connectivity index (χ0n) is 14.6. The van der Waals surface area contributed by atoms with Gasteiger partial charge in [0.05, 0.1) is 22.6 Å². The Balaban J connectivity index is 1.86. The molecule has 4 aromatic rings. The number of hydrogen-bond acceptors (Lipinski definition) is 4. The molecule has 2 aromatic carbocycles. The molecule has 0 radical (unpaired) electrons. The van der Waals surface area contributed by atoms with E-state index < -0.39 is 0 Å². The van der Waals surface area contributed by atoms with Gasteiger partial charge in [-0.25, -0.2) is 14.6 Å². The standard InChI is InChI=1S/C21H18N4O/c1-14-13-15(2)25(24-14)19-9-5-3-7-16(19)18-11-12-22-21(23-18)17-8-4-6-10-20(17)26/h3-13,26H,1-2H3. The predicted octanol–water partition coefficient (Wildman–Crippen LogP) is 4.32. The van der Waals surface area contributed by atoms with Crippen molar-refractivity contribution in [2.24, 2.45) is 0 Å². The van der Waals surface area contributed by atoms with Crippen LogP contribution in [0.1, 0.15) is 11.4 Å². The number of aryl methyl sites for hydroxylation is 2. The van der Waals surface area contributed by atoms with Crippen LogP contribution in [0, 0.1) is 13.8 Å². The van der Waals surface area contributed by atoms with Gasteiger partial charge in [-0.1, -0.05) is 30.3 Å². The summed E-state index contributed by atoms with van der Waals surface area (Å²) in [5, 5.41) is 14.7. The number of nitrogens with zero attached hydrogens (tertiary/aromatic N) is 4. The average molecular weight is 342 g/mol. The minimum absolute atomic E-state index is 0.163. The fraction of sp³-hybridized carbons (Fsp3) is 0.0952. The van der Waals surface area contributed by atoms with Crippen LogP contribution < -0.4 is 0 Å². The van der Waals surface area contributed by atoms with Gasteiger partial charge in [-0.05, 0) is 44.2 Å². The molecule has 4 rings (SSSR count). The smallest absolute Gasteiger partial charge is 0.163 e. The summed E-state index contributed by atoms with van der Waals surface area (Å²) in [6.45, 7) is 4.01. The summed E-state index contributed by atoms with van der Waals surface area (Å²) < 4.78 is 1.92. The van der Waals surface area contributed by atoms with Gasteiger partial charge >= 0.3 is 0 Å². The van der Waals surface area contributed by atoms with Crippen LogP contribution in [0.25, 0.3) is 28.3 Å². The second-order valence-electron chi connectivity index (χ2n) is 6.14. The number of hydrogen-bond donors (Lipinski definition) is 1. The Kier molecular flexibility index (Phi) is 3.97. The van der Waals surface area contributed by atoms with Gasteiger partial charge in [0.25, 0.3) is 0 Å². The molecule has 1 N–H and O–H groups in total. The number of phenols is 1. The maximum Gasteiger partial charge on any atom is 0.163 e. The zero-order chi connectivity index (χ0) is 18.1. The van der Waals surface area contributed by atoms with Crippen molar-refractivity contribution in [2.45, 2.75) is 13.8 Å². The molecule has 5 nitrogen and oxygen atoms in total. The summed E-state index contributed by atoms with van der Waals surface area (Å²) >= 11 is 0. The second kappa shape index (κ2) is 6.44. The molecule has 2 heterocycles. The van der Waals surface area contributed by atoms with Gasteiger partial charge in [-0.15, -0.1) is 0 Å². The Morgan fingerprint density at radius 2 is 1.62 bits per heavy atom. The summed E-state index contributed by atoms with van der Waals surface area (Å²) in [6, 6.07) is 19.0. The van der Waals surface area contributed by atoms with E-state index in [0.717, 1.165) is 28.3 Å². The van der Waals surface area contributed by atoms with E-state index in [-0.39, 0.29) is 5.75 Å². The van der Waals surface area contributed by atoms with Crippen molar-refractivity contribution in [3.8, 4) is 34.1 Å². The largest absolute Gasteiger partial charge is 0.507 e. The normalized spacial score (nSPS) is 10.8. The van der Waals surface area contributed by atoms with Crippen molar-refractivity contribution in [1.29, 1.82) is 0 Å². The Morgan fingerprint density at radius 3 is 2.35 bits per heavy atom. The van der Waals surface area contributed by atoms with Crippen molar-refractivity contribution in [2.75, 3.05) is 0 Å². The van der Waals surface area contributed by atoms with E-state index in [0.29, 0.717) is 11.4 Å². The molecule has 0 saturated heterocycles. The Labute approximate surface area is 151 Å². The predicted molar refractivity (Wildman–Crippen MR) is 101 cm³/mol. The van der Waals surface area contributed by atoms with Gasteiger partial charge in [0, 0.05) is 17.5 Å². The van der Waals surface area contributed by atoms with Gasteiger partial charge in [-0.2, -0.15) is 5.10 Å². The first-order valence-electron chi connectivity index (χ1n) is 8.38.